The molecule has 0 aliphatic heterocycles. The van der Waals surface area contributed by atoms with Crippen molar-refractivity contribution < 1.29 is 9.18 Å². The van der Waals surface area contributed by atoms with Crippen molar-refractivity contribution in [2.45, 2.75) is 27.3 Å². The third kappa shape index (κ3) is 4.31. The molecule has 2 N–H and O–H groups in total. The smallest absolute Gasteiger partial charge is 0.227 e. The van der Waals surface area contributed by atoms with Crippen LogP contribution < -0.4 is 5.73 Å². The summed E-state index contributed by atoms with van der Waals surface area (Å²) < 4.78 is 13.2. The zero-order valence-corrected chi connectivity index (χ0v) is 11.9. The topological polar surface area (TPSA) is 46.3 Å². The van der Waals surface area contributed by atoms with Crippen LogP contribution in [0.3, 0.4) is 0 Å². The quantitative estimate of drug-likeness (QED) is 0.859. The molecule has 1 atom stereocenters. The predicted molar refractivity (Wildman–Crippen MR) is 74.9 cm³/mol. The third-order valence-corrected chi connectivity index (χ3v) is 3.33. The first-order valence-corrected chi connectivity index (χ1v) is 6.72. The summed E-state index contributed by atoms with van der Waals surface area (Å²) in [4.78, 5) is 14.1. The summed E-state index contributed by atoms with van der Waals surface area (Å²) in [5, 5.41) is 0. The molecule has 4 heteroatoms. The molecular formula is C15H23FN2O. The summed E-state index contributed by atoms with van der Waals surface area (Å²) in [7, 11) is 0. The maximum atomic E-state index is 13.2. The van der Waals surface area contributed by atoms with Crippen molar-refractivity contribution in [3.05, 3.63) is 35.6 Å². The van der Waals surface area contributed by atoms with Crippen LogP contribution in [0.4, 0.5) is 4.39 Å². The molecule has 0 aliphatic rings. The fourth-order valence-electron chi connectivity index (χ4n) is 2.09. The number of carbonyl (C=O) groups is 1. The standard InChI is InChI=1S/C15H23FN2O/c1-4-18(15(19)14(9-17)11(2)3)10-12-6-5-7-13(16)8-12/h5-8,11,14H,4,9-10,17H2,1-3H3. The lowest BCUT2D eigenvalue weighted by Crippen LogP contribution is -2.40. The molecule has 1 aromatic rings. The molecule has 1 aromatic carbocycles. The van der Waals surface area contributed by atoms with E-state index in [0.29, 0.717) is 19.6 Å². The van der Waals surface area contributed by atoms with E-state index >= 15 is 0 Å². The normalized spacial score (nSPS) is 12.5. The van der Waals surface area contributed by atoms with Crippen LogP contribution in [0.2, 0.25) is 0 Å². The van der Waals surface area contributed by atoms with Gasteiger partial charge in [-0.2, -0.15) is 0 Å². The van der Waals surface area contributed by atoms with E-state index in [1.54, 1.807) is 11.0 Å². The summed E-state index contributed by atoms with van der Waals surface area (Å²) in [5.41, 5.74) is 6.48. The molecule has 0 bridgehead atoms. The number of nitrogens with two attached hydrogens (primary N) is 1. The van der Waals surface area contributed by atoms with Crippen molar-refractivity contribution >= 4 is 5.91 Å². The van der Waals surface area contributed by atoms with Crippen molar-refractivity contribution in [3.8, 4) is 0 Å². The Kier molecular flexibility index (Phi) is 5.96. The monoisotopic (exact) mass is 266 g/mol. The van der Waals surface area contributed by atoms with E-state index in [0.717, 1.165) is 5.56 Å². The fraction of sp³-hybridized carbons (Fsp3) is 0.533. The van der Waals surface area contributed by atoms with Gasteiger partial charge in [0.1, 0.15) is 5.82 Å². The van der Waals surface area contributed by atoms with Crippen LogP contribution in [0, 0.1) is 17.7 Å². The van der Waals surface area contributed by atoms with Gasteiger partial charge in [-0.3, -0.25) is 4.79 Å². The predicted octanol–water partition coefficient (Wildman–Crippen LogP) is 2.41. The van der Waals surface area contributed by atoms with E-state index < -0.39 is 0 Å². The molecule has 1 rings (SSSR count). The summed E-state index contributed by atoms with van der Waals surface area (Å²) >= 11 is 0. The van der Waals surface area contributed by atoms with Gasteiger partial charge in [0.05, 0.1) is 5.92 Å². The molecule has 0 saturated heterocycles. The Morgan fingerprint density at radius 2 is 2.11 bits per heavy atom. The second kappa shape index (κ2) is 7.24. The summed E-state index contributed by atoms with van der Waals surface area (Å²) in [6.07, 6.45) is 0. The average molecular weight is 266 g/mol. The Morgan fingerprint density at radius 1 is 1.42 bits per heavy atom. The SMILES string of the molecule is CCN(Cc1cccc(F)c1)C(=O)C(CN)C(C)C. The Balaban J connectivity index is 2.80. The average Bonchev–Trinajstić information content (AvgIpc) is 2.36. The minimum absolute atomic E-state index is 0.0456. The van der Waals surface area contributed by atoms with Crippen molar-refractivity contribution in [2.75, 3.05) is 13.1 Å². The van der Waals surface area contributed by atoms with Gasteiger partial charge in [-0.05, 0) is 30.5 Å². The lowest BCUT2D eigenvalue weighted by Gasteiger charge is -2.27. The Labute approximate surface area is 114 Å². The summed E-state index contributed by atoms with van der Waals surface area (Å²) in [6, 6.07) is 6.35. The van der Waals surface area contributed by atoms with Gasteiger partial charge >= 0.3 is 0 Å². The first kappa shape index (κ1) is 15.6. The maximum Gasteiger partial charge on any atom is 0.227 e. The van der Waals surface area contributed by atoms with Gasteiger partial charge in [0, 0.05) is 19.6 Å². The molecular weight excluding hydrogens is 243 g/mol. The second-order valence-electron chi connectivity index (χ2n) is 5.07. The molecule has 0 spiro atoms. The minimum Gasteiger partial charge on any atom is -0.338 e. The largest absolute Gasteiger partial charge is 0.338 e. The summed E-state index contributed by atoms with van der Waals surface area (Å²) in [6.45, 7) is 7.27. The van der Waals surface area contributed by atoms with Crippen LogP contribution in [0.25, 0.3) is 0 Å². The first-order valence-electron chi connectivity index (χ1n) is 6.72. The molecule has 0 heterocycles. The minimum atomic E-state index is -0.278. The number of halogens is 1. The van der Waals surface area contributed by atoms with Crippen LogP contribution in [-0.4, -0.2) is 23.9 Å². The zero-order valence-electron chi connectivity index (χ0n) is 11.9. The Bertz CT molecular complexity index is 420. The highest BCUT2D eigenvalue weighted by Crippen LogP contribution is 2.15. The van der Waals surface area contributed by atoms with Crippen molar-refractivity contribution in [1.29, 1.82) is 0 Å². The molecule has 3 nitrogen and oxygen atoms in total. The van der Waals surface area contributed by atoms with Crippen LogP contribution in [0.5, 0.6) is 0 Å². The van der Waals surface area contributed by atoms with Gasteiger partial charge in [0.2, 0.25) is 5.91 Å². The number of hydrogen-bond acceptors (Lipinski definition) is 2. The number of hydrogen-bond donors (Lipinski definition) is 1. The number of rotatable bonds is 6. The van der Waals surface area contributed by atoms with Crippen LogP contribution in [0.15, 0.2) is 24.3 Å². The van der Waals surface area contributed by atoms with Gasteiger partial charge in [-0.15, -0.1) is 0 Å². The Morgan fingerprint density at radius 3 is 2.58 bits per heavy atom. The summed E-state index contributed by atoms with van der Waals surface area (Å²) in [5.74, 6) is -0.197. The number of amides is 1. The molecule has 1 unspecified atom stereocenters. The highest BCUT2D eigenvalue weighted by molar-refractivity contribution is 5.79. The number of nitrogens with zero attached hydrogens (tertiary/aromatic N) is 1. The number of benzene rings is 1. The Hall–Kier alpha value is -1.42. The maximum absolute atomic E-state index is 13.2. The first-order chi connectivity index (χ1) is 8.99. The van der Waals surface area contributed by atoms with Crippen molar-refractivity contribution in [3.63, 3.8) is 0 Å². The van der Waals surface area contributed by atoms with E-state index in [1.165, 1.54) is 12.1 Å². The molecule has 0 aromatic heterocycles. The van der Waals surface area contributed by atoms with E-state index in [4.69, 9.17) is 5.73 Å². The molecule has 0 saturated carbocycles. The lowest BCUT2D eigenvalue weighted by molar-refractivity contribution is -0.137. The zero-order chi connectivity index (χ0) is 14.4. The van der Waals surface area contributed by atoms with Gasteiger partial charge in [0.25, 0.3) is 0 Å². The van der Waals surface area contributed by atoms with Gasteiger partial charge < -0.3 is 10.6 Å². The molecule has 0 aliphatic carbocycles. The van der Waals surface area contributed by atoms with Gasteiger partial charge in [-0.1, -0.05) is 26.0 Å². The molecule has 0 radical (unpaired) electrons. The second-order valence-corrected chi connectivity index (χ2v) is 5.07. The highest BCUT2D eigenvalue weighted by Gasteiger charge is 2.25. The van der Waals surface area contributed by atoms with Gasteiger partial charge in [-0.25, -0.2) is 4.39 Å². The molecule has 19 heavy (non-hydrogen) atoms. The van der Waals surface area contributed by atoms with Crippen LogP contribution in [0.1, 0.15) is 26.3 Å². The van der Waals surface area contributed by atoms with Gasteiger partial charge in [0.15, 0.2) is 0 Å². The van der Waals surface area contributed by atoms with E-state index in [2.05, 4.69) is 0 Å². The molecule has 0 fully saturated rings. The van der Waals surface area contributed by atoms with E-state index in [1.807, 2.05) is 26.8 Å². The van der Waals surface area contributed by atoms with Crippen LogP contribution in [-0.2, 0) is 11.3 Å². The lowest BCUT2D eigenvalue weighted by atomic mass is 9.94. The highest BCUT2D eigenvalue weighted by atomic mass is 19.1. The van der Waals surface area contributed by atoms with E-state index in [9.17, 15) is 9.18 Å². The van der Waals surface area contributed by atoms with E-state index in [-0.39, 0.29) is 23.6 Å². The molecule has 1 amide bonds. The third-order valence-electron chi connectivity index (χ3n) is 3.33. The van der Waals surface area contributed by atoms with Crippen LogP contribution >= 0.6 is 0 Å². The fourth-order valence-corrected chi connectivity index (χ4v) is 2.09. The van der Waals surface area contributed by atoms with Crippen molar-refractivity contribution in [1.82, 2.24) is 4.90 Å². The molecule has 106 valence electrons. The number of carbonyl (C=O) groups excluding carboxylic acids is 1. The van der Waals surface area contributed by atoms with Crippen molar-refractivity contribution in [2.24, 2.45) is 17.6 Å².